The van der Waals surface area contributed by atoms with E-state index in [0.717, 1.165) is 23.5 Å². The molecule has 0 aliphatic rings. The van der Waals surface area contributed by atoms with Gasteiger partial charge in [0.2, 0.25) is 0 Å². The van der Waals surface area contributed by atoms with Crippen LogP contribution in [0.5, 0.6) is 0 Å². The number of carboxylic acid groups (broad SMARTS) is 1. The van der Waals surface area contributed by atoms with Gasteiger partial charge in [-0.25, -0.2) is 0 Å². The normalized spacial score (nSPS) is 14.6. The molecule has 0 fully saturated rings. The maximum atomic E-state index is 11.1. The third kappa shape index (κ3) is 3.60. The molecule has 1 aromatic heterocycles. The number of carbonyl (C=O) groups is 1. The zero-order valence-corrected chi connectivity index (χ0v) is 10.9. The van der Waals surface area contributed by atoms with E-state index in [4.69, 9.17) is 9.52 Å². The standard InChI is InChI=1S/C13H21NO3/c1-5-6-12(13(15)16)14-9(3)11-7-8(2)17-10(11)4/h7,9,12,14H,5-6H2,1-4H3,(H,15,16). The number of hydrogen-bond acceptors (Lipinski definition) is 3. The Balaban J connectivity index is 2.73. The highest BCUT2D eigenvalue weighted by atomic mass is 16.4. The molecule has 0 aromatic carbocycles. The Bertz CT molecular complexity index is 384. The molecule has 4 nitrogen and oxygen atoms in total. The minimum atomic E-state index is -0.795. The van der Waals surface area contributed by atoms with Crippen LogP contribution in [0.1, 0.15) is 49.8 Å². The minimum absolute atomic E-state index is 0.0138. The van der Waals surface area contributed by atoms with Gasteiger partial charge >= 0.3 is 5.97 Å². The van der Waals surface area contributed by atoms with Crippen LogP contribution in [0.4, 0.5) is 0 Å². The molecule has 0 saturated carbocycles. The molecule has 1 heterocycles. The molecule has 1 aromatic rings. The van der Waals surface area contributed by atoms with E-state index >= 15 is 0 Å². The topological polar surface area (TPSA) is 62.5 Å². The van der Waals surface area contributed by atoms with E-state index in [-0.39, 0.29) is 6.04 Å². The third-order valence-electron chi connectivity index (χ3n) is 2.87. The zero-order valence-electron chi connectivity index (χ0n) is 10.9. The van der Waals surface area contributed by atoms with Crippen molar-refractivity contribution in [2.75, 3.05) is 0 Å². The van der Waals surface area contributed by atoms with Crippen LogP contribution in [-0.4, -0.2) is 17.1 Å². The Hall–Kier alpha value is -1.29. The Kier molecular flexibility index (Phi) is 4.75. The maximum absolute atomic E-state index is 11.1. The van der Waals surface area contributed by atoms with Gasteiger partial charge in [0.05, 0.1) is 0 Å². The van der Waals surface area contributed by atoms with Crippen molar-refractivity contribution in [2.45, 2.75) is 52.6 Å². The van der Waals surface area contributed by atoms with Crippen molar-refractivity contribution in [1.82, 2.24) is 5.32 Å². The molecule has 96 valence electrons. The predicted octanol–water partition coefficient (Wildman–Crippen LogP) is 2.80. The molecule has 2 atom stereocenters. The van der Waals surface area contributed by atoms with Crippen molar-refractivity contribution in [2.24, 2.45) is 0 Å². The Labute approximate surface area is 102 Å². The molecular weight excluding hydrogens is 218 g/mol. The highest BCUT2D eigenvalue weighted by Gasteiger charge is 2.21. The van der Waals surface area contributed by atoms with Crippen LogP contribution in [0.25, 0.3) is 0 Å². The molecule has 2 N–H and O–H groups in total. The number of carboxylic acids is 1. The molecule has 17 heavy (non-hydrogen) atoms. The van der Waals surface area contributed by atoms with Crippen LogP contribution in [-0.2, 0) is 4.79 Å². The van der Waals surface area contributed by atoms with Crippen molar-refractivity contribution in [3.05, 3.63) is 23.2 Å². The molecule has 0 aliphatic heterocycles. The Morgan fingerprint density at radius 1 is 1.53 bits per heavy atom. The number of hydrogen-bond donors (Lipinski definition) is 2. The lowest BCUT2D eigenvalue weighted by Gasteiger charge is -2.19. The fourth-order valence-corrected chi connectivity index (χ4v) is 2.04. The van der Waals surface area contributed by atoms with Crippen LogP contribution < -0.4 is 5.32 Å². The van der Waals surface area contributed by atoms with E-state index in [1.54, 1.807) is 0 Å². The molecule has 0 aliphatic carbocycles. The van der Waals surface area contributed by atoms with E-state index < -0.39 is 12.0 Å². The van der Waals surface area contributed by atoms with Crippen LogP contribution in [0.3, 0.4) is 0 Å². The van der Waals surface area contributed by atoms with E-state index in [0.29, 0.717) is 6.42 Å². The first-order valence-corrected chi connectivity index (χ1v) is 6.01. The summed E-state index contributed by atoms with van der Waals surface area (Å²) in [4.78, 5) is 11.1. The second kappa shape index (κ2) is 5.87. The summed E-state index contributed by atoms with van der Waals surface area (Å²) < 4.78 is 5.45. The lowest BCUT2D eigenvalue weighted by Crippen LogP contribution is -2.38. The average molecular weight is 239 g/mol. The van der Waals surface area contributed by atoms with E-state index in [1.165, 1.54) is 0 Å². The molecule has 0 radical (unpaired) electrons. The van der Waals surface area contributed by atoms with Crippen molar-refractivity contribution >= 4 is 5.97 Å². The molecule has 1 rings (SSSR count). The monoisotopic (exact) mass is 239 g/mol. The fraction of sp³-hybridized carbons (Fsp3) is 0.615. The number of furan rings is 1. The van der Waals surface area contributed by atoms with Crippen molar-refractivity contribution < 1.29 is 14.3 Å². The van der Waals surface area contributed by atoms with Gasteiger partial charge in [0.1, 0.15) is 17.6 Å². The lowest BCUT2D eigenvalue weighted by molar-refractivity contribution is -0.139. The van der Waals surface area contributed by atoms with Gasteiger partial charge in [0.15, 0.2) is 0 Å². The van der Waals surface area contributed by atoms with Crippen LogP contribution in [0, 0.1) is 13.8 Å². The SMILES string of the molecule is CCCC(NC(C)c1cc(C)oc1C)C(=O)O. The summed E-state index contributed by atoms with van der Waals surface area (Å²) in [6.45, 7) is 7.73. The quantitative estimate of drug-likeness (QED) is 0.801. The Morgan fingerprint density at radius 3 is 2.59 bits per heavy atom. The first-order chi connectivity index (χ1) is 7.95. The summed E-state index contributed by atoms with van der Waals surface area (Å²) in [6, 6.07) is 1.45. The summed E-state index contributed by atoms with van der Waals surface area (Å²) in [5.41, 5.74) is 1.03. The number of rotatable bonds is 6. The molecule has 2 unspecified atom stereocenters. The van der Waals surface area contributed by atoms with Gasteiger partial charge < -0.3 is 9.52 Å². The number of aliphatic carboxylic acids is 1. The summed E-state index contributed by atoms with van der Waals surface area (Å²) in [5.74, 6) is 0.910. The van der Waals surface area contributed by atoms with Crippen molar-refractivity contribution in [3.8, 4) is 0 Å². The summed E-state index contributed by atoms with van der Waals surface area (Å²) in [5, 5.41) is 12.2. The highest BCUT2D eigenvalue weighted by molar-refractivity contribution is 5.73. The molecule has 0 bridgehead atoms. The number of aryl methyl sites for hydroxylation is 2. The van der Waals surface area contributed by atoms with Gasteiger partial charge in [-0.3, -0.25) is 10.1 Å². The second-order valence-corrected chi connectivity index (χ2v) is 4.44. The lowest BCUT2D eigenvalue weighted by atomic mass is 10.1. The first-order valence-electron chi connectivity index (χ1n) is 6.01. The van der Waals surface area contributed by atoms with Gasteiger partial charge in [-0.15, -0.1) is 0 Å². The second-order valence-electron chi connectivity index (χ2n) is 4.44. The van der Waals surface area contributed by atoms with Gasteiger partial charge in [-0.05, 0) is 33.3 Å². The Morgan fingerprint density at radius 2 is 2.18 bits per heavy atom. The van der Waals surface area contributed by atoms with Crippen LogP contribution in [0.2, 0.25) is 0 Å². The molecular formula is C13H21NO3. The molecule has 0 amide bonds. The smallest absolute Gasteiger partial charge is 0.320 e. The third-order valence-corrected chi connectivity index (χ3v) is 2.87. The summed E-state index contributed by atoms with van der Waals surface area (Å²) in [6.07, 6.45) is 1.48. The van der Waals surface area contributed by atoms with Crippen molar-refractivity contribution in [1.29, 1.82) is 0 Å². The maximum Gasteiger partial charge on any atom is 0.320 e. The zero-order chi connectivity index (χ0) is 13.0. The predicted molar refractivity (Wildman–Crippen MR) is 66.1 cm³/mol. The summed E-state index contributed by atoms with van der Waals surface area (Å²) in [7, 11) is 0. The number of nitrogens with one attached hydrogen (secondary N) is 1. The summed E-state index contributed by atoms with van der Waals surface area (Å²) >= 11 is 0. The minimum Gasteiger partial charge on any atom is -0.480 e. The van der Waals surface area contributed by atoms with Gasteiger partial charge in [0, 0.05) is 11.6 Å². The molecule has 0 spiro atoms. The molecule has 4 heteroatoms. The van der Waals surface area contributed by atoms with E-state index in [2.05, 4.69) is 5.32 Å². The average Bonchev–Trinajstić information content (AvgIpc) is 2.57. The van der Waals surface area contributed by atoms with Crippen molar-refractivity contribution in [3.63, 3.8) is 0 Å². The highest BCUT2D eigenvalue weighted by Crippen LogP contribution is 2.22. The fourth-order valence-electron chi connectivity index (χ4n) is 2.04. The van der Waals surface area contributed by atoms with Crippen LogP contribution >= 0.6 is 0 Å². The van der Waals surface area contributed by atoms with Gasteiger partial charge in [0.25, 0.3) is 0 Å². The first kappa shape index (κ1) is 13.8. The van der Waals surface area contributed by atoms with Gasteiger partial charge in [-0.1, -0.05) is 13.3 Å². The van der Waals surface area contributed by atoms with E-state index in [9.17, 15) is 4.79 Å². The van der Waals surface area contributed by atoms with E-state index in [1.807, 2.05) is 33.8 Å². The van der Waals surface area contributed by atoms with Crippen LogP contribution in [0.15, 0.2) is 10.5 Å². The molecule has 0 saturated heterocycles. The van der Waals surface area contributed by atoms with Gasteiger partial charge in [-0.2, -0.15) is 0 Å². The largest absolute Gasteiger partial charge is 0.480 e.